The van der Waals surface area contributed by atoms with Crippen LogP contribution in [0.3, 0.4) is 0 Å². The van der Waals surface area contributed by atoms with Crippen LogP contribution < -0.4 is 5.32 Å². The number of carbonyl (C=O) groups is 3. The largest absolute Gasteiger partial charge is 0.469 e. The van der Waals surface area contributed by atoms with E-state index in [9.17, 15) is 14.4 Å². The molecule has 0 fully saturated rings. The molecule has 0 aliphatic heterocycles. The van der Waals surface area contributed by atoms with Crippen LogP contribution in [0.15, 0.2) is 11.6 Å². The zero-order valence-corrected chi connectivity index (χ0v) is 12.0. The molecular weight excluding hydrogens is 248 g/mol. The molecule has 0 saturated heterocycles. The van der Waals surface area contributed by atoms with Crippen molar-refractivity contribution >= 4 is 17.8 Å². The van der Waals surface area contributed by atoms with Gasteiger partial charge in [0.05, 0.1) is 13.5 Å². The first-order chi connectivity index (χ1) is 8.86. The van der Waals surface area contributed by atoms with Gasteiger partial charge >= 0.3 is 5.97 Å². The number of methoxy groups -OCH3 is 1. The molecule has 0 aromatic rings. The fourth-order valence-corrected chi connectivity index (χ4v) is 1.37. The maximum absolute atomic E-state index is 11.9. The highest BCUT2D eigenvalue weighted by atomic mass is 16.5. The minimum absolute atomic E-state index is 0.138. The van der Waals surface area contributed by atoms with Crippen molar-refractivity contribution in [3.63, 3.8) is 0 Å². The molecule has 0 aliphatic rings. The topological polar surface area (TPSA) is 75.7 Å². The van der Waals surface area contributed by atoms with Crippen molar-refractivity contribution in [1.29, 1.82) is 0 Å². The summed E-state index contributed by atoms with van der Waals surface area (Å²) in [5.74, 6) is -0.689. The van der Waals surface area contributed by atoms with Crippen molar-refractivity contribution in [1.82, 2.24) is 10.2 Å². The Hall–Kier alpha value is -1.85. The van der Waals surface area contributed by atoms with E-state index in [0.717, 1.165) is 5.57 Å². The van der Waals surface area contributed by atoms with E-state index in [2.05, 4.69) is 10.1 Å². The standard InChI is InChI=1S/C13H22N2O4/c1-10(2)9-12(17)15(7-5-13(18)19-4)8-6-14-11(3)16/h9H,5-8H2,1-4H3,(H,14,16). The third-order valence-electron chi connectivity index (χ3n) is 2.29. The van der Waals surface area contributed by atoms with E-state index >= 15 is 0 Å². The van der Waals surface area contributed by atoms with Crippen LogP contribution in [0.2, 0.25) is 0 Å². The Morgan fingerprint density at radius 3 is 2.26 bits per heavy atom. The molecule has 0 unspecified atom stereocenters. The van der Waals surface area contributed by atoms with Gasteiger partial charge in [-0.05, 0) is 13.8 Å². The van der Waals surface area contributed by atoms with Gasteiger partial charge in [0.15, 0.2) is 0 Å². The van der Waals surface area contributed by atoms with Gasteiger partial charge in [0.25, 0.3) is 0 Å². The maximum atomic E-state index is 11.9. The van der Waals surface area contributed by atoms with E-state index in [1.807, 2.05) is 13.8 Å². The zero-order chi connectivity index (χ0) is 14.8. The lowest BCUT2D eigenvalue weighted by Crippen LogP contribution is -2.38. The Balaban J connectivity index is 4.45. The summed E-state index contributed by atoms with van der Waals surface area (Å²) in [4.78, 5) is 35.3. The van der Waals surface area contributed by atoms with Crippen molar-refractivity contribution in [2.45, 2.75) is 27.2 Å². The Morgan fingerprint density at radius 2 is 1.79 bits per heavy atom. The lowest BCUT2D eigenvalue weighted by Gasteiger charge is -2.21. The molecular formula is C13H22N2O4. The number of amides is 2. The Morgan fingerprint density at radius 1 is 1.16 bits per heavy atom. The first-order valence-corrected chi connectivity index (χ1v) is 6.12. The third kappa shape index (κ3) is 8.82. The Kier molecular flexibility index (Phi) is 8.24. The predicted molar refractivity (Wildman–Crippen MR) is 71.3 cm³/mol. The summed E-state index contributed by atoms with van der Waals surface area (Å²) in [6.07, 6.45) is 1.64. The second kappa shape index (κ2) is 9.13. The molecule has 19 heavy (non-hydrogen) atoms. The smallest absolute Gasteiger partial charge is 0.307 e. The summed E-state index contributed by atoms with van der Waals surface area (Å²) in [5, 5.41) is 2.62. The normalized spacial score (nSPS) is 9.47. The van der Waals surface area contributed by atoms with Crippen LogP contribution in [0.4, 0.5) is 0 Å². The Labute approximate surface area is 113 Å². The van der Waals surface area contributed by atoms with Gasteiger partial charge in [-0.2, -0.15) is 0 Å². The molecule has 1 N–H and O–H groups in total. The highest BCUT2D eigenvalue weighted by molar-refractivity contribution is 5.88. The molecule has 0 radical (unpaired) electrons. The number of allylic oxidation sites excluding steroid dienone is 1. The molecule has 0 aliphatic carbocycles. The van der Waals surface area contributed by atoms with E-state index in [1.54, 1.807) is 0 Å². The van der Waals surface area contributed by atoms with Gasteiger partial charge < -0.3 is 15.0 Å². The average Bonchev–Trinajstić information content (AvgIpc) is 2.31. The van der Waals surface area contributed by atoms with Crippen molar-refractivity contribution in [3.8, 4) is 0 Å². The minimum Gasteiger partial charge on any atom is -0.469 e. The van der Waals surface area contributed by atoms with Crippen LogP contribution in [0, 0.1) is 0 Å². The summed E-state index contributed by atoms with van der Waals surface area (Å²) in [7, 11) is 1.31. The number of esters is 1. The third-order valence-corrected chi connectivity index (χ3v) is 2.29. The molecule has 0 rings (SSSR count). The van der Waals surface area contributed by atoms with E-state index in [4.69, 9.17) is 0 Å². The molecule has 0 spiro atoms. The quantitative estimate of drug-likeness (QED) is 0.539. The van der Waals surface area contributed by atoms with E-state index in [-0.39, 0.29) is 30.7 Å². The van der Waals surface area contributed by atoms with Gasteiger partial charge in [-0.25, -0.2) is 0 Å². The molecule has 0 aromatic carbocycles. The second-order valence-electron chi connectivity index (χ2n) is 4.36. The van der Waals surface area contributed by atoms with Gasteiger partial charge in [0, 0.05) is 32.6 Å². The number of hydrogen-bond donors (Lipinski definition) is 1. The van der Waals surface area contributed by atoms with E-state index in [0.29, 0.717) is 13.1 Å². The zero-order valence-electron chi connectivity index (χ0n) is 12.0. The molecule has 0 saturated carbocycles. The summed E-state index contributed by atoms with van der Waals surface area (Å²) in [6, 6.07) is 0. The molecule has 2 amide bonds. The summed E-state index contributed by atoms with van der Waals surface area (Å²) in [6.45, 7) is 6.05. The van der Waals surface area contributed by atoms with E-state index in [1.165, 1.54) is 25.0 Å². The fourth-order valence-electron chi connectivity index (χ4n) is 1.37. The lowest BCUT2D eigenvalue weighted by molar-refractivity contribution is -0.141. The molecule has 6 nitrogen and oxygen atoms in total. The maximum Gasteiger partial charge on any atom is 0.307 e. The summed E-state index contributed by atoms with van der Waals surface area (Å²) >= 11 is 0. The van der Waals surface area contributed by atoms with Gasteiger partial charge in [0.2, 0.25) is 11.8 Å². The molecule has 0 heterocycles. The van der Waals surface area contributed by atoms with Crippen molar-refractivity contribution < 1.29 is 19.1 Å². The average molecular weight is 270 g/mol. The minimum atomic E-state index is -0.366. The summed E-state index contributed by atoms with van der Waals surface area (Å²) < 4.78 is 4.54. The van der Waals surface area contributed by atoms with Gasteiger partial charge in [-0.15, -0.1) is 0 Å². The number of rotatable bonds is 7. The molecule has 0 aromatic heterocycles. The van der Waals surface area contributed by atoms with Gasteiger partial charge in [-0.1, -0.05) is 5.57 Å². The summed E-state index contributed by atoms with van der Waals surface area (Å²) in [5.41, 5.74) is 0.882. The van der Waals surface area contributed by atoms with Crippen molar-refractivity contribution in [3.05, 3.63) is 11.6 Å². The van der Waals surface area contributed by atoms with Gasteiger partial charge in [0.1, 0.15) is 0 Å². The van der Waals surface area contributed by atoms with E-state index < -0.39 is 0 Å². The molecule has 6 heteroatoms. The molecule has 108 valence electrons. The lowest BCUT2D eigenvalue weighted by atomic mass is 10.3. The number of nitrogens with one attached hydrogen (secondary N) is 1. The number of hydrogen-bond acceptors (Lipinski definition) is 4. The SMILES string of the molecule is COC(=O)CCN(CCNC(C)=O)C(=O)C=C(C)C. The first-order valence-electron chi connectivity index (χ1n) is 6.12. The van der Waals surface area contributed by atoms with Crippen LogP contribution in [-0.2, 0) is 19.1 Å². The van der Waals surface area contributed by atoms with Crippen molar-refractivity contribution in [2.24, 2.45) is 0 Å². The number of carbonyl (C=O) groups excluding carboxylic acids is 3. The van der Waals surface area contributed by atoms with Crippen LogP contribution in [-0.4, -0.2) is 49.4 Å². The van der Waals surface area contributed by atoms with Crippen LogP contribution in [0.1, 0.15) is 27.2 Å². The monoisotopic (exact) mass is 270 g/mol. The number of ether oxygens (including phenoxy) is 1. The fraction of sp³-hybridized carbons (Fsp3) is 0.615. The highest BCUT2D eigenvalue weighted by Crippen LogP contribution is 1.99. The Bertz CT molecular complexity index is 360. The van der Waals surface area contributed by atoms with Gasteiger partial charge in [-0.3, -0.25) is 14.4 Å². The van der Waals surface area contributed by atoms with Crippen LogP contribution >= 0.6 is 0 Å². The molecule has 0 bridgehead atoms. The first kappa shape index (κ1) is 17.2. The number of nitrogens with zero attached hydrogens (tertiary/aromatic N) is 1. The highest BCUT2D eigenvalue weighted by Gasteiger charge is 2.13. The van der Waals surface area contributed by atoms with Crippen LogP contribution in [0.25, 0.3) is 0 Å². The van der Waals surface area contributed by atoms with Crippen molar-refractivity contribution in [2.75, 3.05) is 26.7 Å². The van der Waals surface area contributed by atoms with Crippen LogP contribution in [0.5, 0.6) is 0 Å². The molecule has 0 atom stereocenters. The second-order valence-corrected chi connectivity index (χ2v) is 4.36. The predicted octanol–water partition coefficient (Wildman–Crippen LogP) is 0.480.